The Kier molecular flexibility index (Phi) is 8.91. The largest absolute Gasteiger partial charge is 0.481 e. The number of thiocarbonyl (C=S) groups is 2. The molecule has 4 atom stereocenters. The maximum atomic E-state index is 14.9. The number of ether oxygens (including phenoxy) is 3. The van der Waals surface area contributed by atoms with Gasteiger partial charge in [-0.15, -0.1) is 0 Å². The molecule has 0 saturated carbocycles. The van der Waals surface area contributed by atoms with Crippen molar-refractivity contribution in [1.82, 2.24) is 14.8 Å². The lowest BCUT2D eigenvalue weighted by Crippen LogP contribution is -2.71. The molecule has 0 bridgehead atoms. The molecule has 0 N–H and O–H groups in total. The minimum Gasteiger partial charge on any atom is -0.481 e. The number of nitrogens with zero attached hydrogens (tertiary/aromatic N) is 4. The molecule has 5 rings (SSSR count). The first-order valence-electron chi connectivity index (χ1n) is 13.4. The molecule has 0 spiro atoms. The monoisotopic (exact) mass is 664 g/mol. The molecule has 9 nitrogen and oxygen atoms in total. The molecule has 1 aromatic heterocycles. The van der Waals surface area contributed by atoms with Crippen LogP contribution in [0.3, 0.4) is 0 Å². The van der Waals surface area contributed by atoms with Crippen LogP contribution in [0.5, 0.6) is 17.4 Å². The number of thioether (sulfide) groups is 2. The van der Waals surface area contributed by atoms with Gasteiger partial charge in [0.1, 0.15) is 11.5 Å². The van der Waals surface area contributed by atoms with Gasteiger partial charge in [0.2, 0.25) is 14.6 Å². The van der Waals surface area contributed by atoms with E-state index < -0.39 is 33.0 Å². The van der Waals surface area contributed by atoms with Gasteiger partial charge < -0.3 is 24.0 Å². The van der Waals surface area contributed by atoms with Crippen molar-refractivity contribution in [2.24, 2.45) is 5.41 Å². The average molecular weight is 665 g/mol. The van der Waals surface area contributed by atoms with E-state index in [0.717, 1.165) is 23.5 Å². The standard InChI is InChI=1S/C31H28N4O5S4/c1-29(19-32)18-31(44-28(42)40-22-13-9-6-10-14-22)26(37)34(3)30(2,43-27(41)39-21-11-7-5-8-12-21)25(36)35(31)24(29)20-15-16-23(38-4)33-17-20/h5-17,24H,18H2,1-4H3/t24?,29-,30+,31?/m1/s1. The molecule has 3 aromatic rings. The average Bonchev–Trinajstić information content (AvgIpc) is 3.29. The van der Waals surface area contributed by atoms with Gasteiger partial charge in [-0.05, 0) is 97.7 Å². The molecule has 44 heavy (non-hydrogen) atoms. The number of para-hydroxylation sites is 2. The Labute approximate surface area is 274 Å². The summed E-state index contributed by atoms with van der Waals surface area (Å²) in [6.07, 6.45) is 1.54. The molecule has 0 radical (unpaired) electrons. The Hall–Kier alpha value is -3.70. The van der Waals surface area contributed by atoms with Gasteiger partial charge in [-0.3, -0.25) is 9.59 Å². The lowest BCUT2D eigenvalue weighted by molar-refractivity contribution is -0.163. The molecule has 2 amide bonds. The minimum absolute atomic E-state index is 0.0171. The van der Waals surface area contributed by atoms with Crippen LogP contribution < -0.4 is 14.2 Å². The maximum absolute atomic E-state index is 14.9. The zero-order chi connectivity index (χ0) is 31.7. The number of likely N-dealkylation sites (N-methyl/N-ethyl adjacent to an activating group) is 1. The van der Waals surface area contributed by atoms with Crippen molar-refractivity contribution in [3.8, 4) is 23.4 Å². The quantitative estimate of drug-likeness (QED) is 0.291. The number of pyridine rings is 1. The van der Waals surface area contributed by atoms with Crippen LogP contribution in [0.4, 0.5) is 0 Å². The van der Waals surface area contributed by atoms with Crippen molar-refractivity contribution in [2.45, 2.75) is 36.1 Å². The van der Waals surface area contributed by atoms with Crippen molar-refractivity contribution in [1.29, 1.82) is 5.26 Å². The fourth-order valence-electron chi connectivity index (χ4n) is 5.50. The first-order chi connectivity index (χ1) is 21.0. The second-order valence-corrected chi connectivity index (χ2v) is 14.5. The number of methoxy groups -OCH3 is 1. The molecule has 2 aromatic carbocycles. The van der Waals surface area contributed by atoms with Crippen LogP contribution in [0.15, 0.2) is 79.0 Å². The van der Waals surface area contributed by atoms with Crippen LogP contribution in [0.1, 0.15) is 31.9 Å². The zero-order valence-corrected chi connectivity index (χ0v) is 27.5. The summed E-state index contributed by atoms with van der Waals surface area (Å²) in [6, 6.07) is 22.8. The number of hydrogen-bond acceptors (Lipinski definition) is 11. The highest BCUT2D eigenvalue weighted by atomic mass is 32.2. The molecule has 13 heteroatoms. The second-order valence-electron chi connectivity index (χ2n) is 10.6. The summed E-state index contributed by atoms with van der Waals surface area (Å²) in [6.45, 7) is 3.36. The van der Waals surface area contributed by atoms with E-state index in [4.69, 9.17) is 38.6 Å². The number of nitriles is 1. The van der Waals surface area contributed by atoms with Gasteiger partial charge in [-0.1, -0.05) is 36.4 Å². The van der Waals surface area contributed by atoms with Crippen LogP contribution in [-0.2, 0) is 9.59 Å². The molecule has 0 aliphatic carbocycles. The maximum Gasteiger partial charge on any atom is 0.261 e. The molecule has 2 fully saturated rings. The number of fused-ring (bicyclic) bond motifs is 1. The van der Waals surface area contributed by atoms with Crippen molar-refractivity contribution in [3.05, 3.63) is 84.6 Å². The summed E-state index contributed by atoms with van der Waals surface area (Å²) in [5, 5.41) is 10.6. The number of rotatable bonds is 6. The van der Waals surface area contributed by atoms with Gasteiger partial charge >= 0.3 is 0 Å². The Morgan fingerprint density at radius 2 is 1.50 bits per heavy atom. The summed E-state index contributed by atoms with van der Waals surface area (Å²) in [5.41, 5.74) is -0.650. The number of amides is 2. The van der Waals surface area contributed by atoms with Crippen LogP contribution in [0.2, 0.25) is 0 Å². The first kappa shape index (κ1) is 31.7. The summed E-state index contributed by atoms with van der Waals surface area (Å²) >= 11 is 13.1. The van der Waals surface area contributed by atoms with Gasteiger partial charge in [0.05, 0.1) is 24.6 Å². The fraction of sp³-hybridized carbons (Fsp3) is 0.290. The number of piperazine rings is 1. The van der Waals surface area contributed by atoms with Crippen molar-refractivity contribution in [3.63, 3.8) is 0 Å². The first-order valence-corrected chi connectivity index (χ1v) is 15.9. The van der Waals surface area contributed by atoms with Crippen molar-refractivity contribution < 1.29 is 23.8 Å². The number of carbonyl (C=O) groups is 2. The Morgan fingerprint density at radius 3 is 2.00 bits per heavy atom. The SMILES string of the molecule is COc1ccc(C2N3C(=O)[C@](C)(SC(=S)Oc4ccccc4)N(C)C(=O)C3(SC(=S)Oc3ccccc3)C[C@]2(C)C#N)cn1. The molecular weight excluding hydrogens is 637 g/mol. The number of carbonyl (C=O) groups excluding carboxylic acids is 2. The lowest BCUT2D eigenvalue weighted by Gasteiger charge is -2.52. The zero-order valence-electron chi connectivity index (χ0n) is 24.3. The van der Waals surface area contributed by atoms with Crippen LogP contribution in [-0.4, -0.2) is 59.3 Å². The summed E-state index contributed by atoms with van der Waals surface area (Å²) in [4.78, 5) is 33.6. The minimum atomic E-state index is -1.60. The van der Waals surface area contributed by atoms with E-state index >= 15 is 0 Å². The van der Waals surface area contributed by atoms with E-state index in [1.54, 1.807) is 87.8 Å². The third-order valence-corrected chi connectivity index (χ3v) is 10.6. The molecule has 2 saturated heterocycles. The molecule has 3 heterocycles. The molecule has 2 unspecified atom stereocenters. The van der Waals surface area contributed by atoms with E-state index in [0.29, 0.717) is 22.9 Å². The van der Waals surface area contributed by atoms with E-state index in [2.05, 4.69) is 11.1 Å². The molecule has 2 aliphatic heterocycles. The van der Waals surface area contributed by atoms with E-state index in [1.807, 2.05) is 12.1 Å². The highest BCUT2D eigenvalue weighted by Gasteiger charge is 2.71. The van der Waals surface area contributed by atoms with Crippen LogP contribution >= 0.6 is 48.0 Å². The lowest BCUT2D eigenvalue weighted by atomic mass is 9.80. The predicted octanol–water partition coefficient (Wildman–Crippen LogP) is 5.97. The number of benzene rings is 2. The third-order valence-electron chi connectivity index (χ3n) is 7.71. The Morgan fingerprint density at radius 1 is 0.932 bits per heavy atom. The van der Waals surface area contributed by atoms with Gasteiger partial charge in [0.25, 0.3) is 11.8 Å². The van der Waals surface area contributed by atoms with Crippen molar-refractivity contribution in [2.75, 3.05) is 14.2 Å². The summed E-state index contributed by atoms with van der Waals surface area (Å²) in [5.74, 6) is 0.478. The molecular formula is C31H28N4O5S4. The van der Waals surface area contributed by atoms with Gasteiger partial charge in [0, 0.05) is 25.7 Å². The van der Waals surface area contributed by atoms with Gasteiger partial charge in [-0.2, -0.15) is 5.26 Å². The Bertz CT molecular complexity index is 1640. The topological polar surface area (TPSA) is 105 Å². The predicted molar refractivity (Wildman–Crippen MR) is 177 cm³/mol. The number of aromatic nitrogens is 1. The van der Waals surface area contributed by atoms with E-state index in [9.17, 15) is 14.9 Å². The summed E-state index contributed by atoms with van der Waals surface area (Å²) in [7, 11) is 3.04. The number of hydrogen-bond donors (Lipinski definition) is 0. The van der Waals surface area contributed by atoms with Gasteiger partial charge in [0.15, 0.2) is 9.74 Å². The van der Waals surface area contributed by atoms with E-state index in [-0.39, 0.29) is 15.2 Å². The fourth-order valence-corrected chi connectivity index (χ4v) is 8.76. The normalized spacial score (nSPS) is 26.0. The summed E-state index contributed by atoms with van der Waals surface area (Å²) < 4.78 is 17.1. The van der Waals surface area contributed by atoms with Gasteiger partial charge in [-0.25, -0.2) is 4.98 Å². The molecule has 226 valence electrons. The Balaban J connectivity index is 1.59. The third kappa shape index (κ3) is 5.63. The second kappa shape index (κ2) is 12.4. The van der Waals surface area contributed by atoms with Crippen LogP contribution in [0.25, 0.3) is 0 Å². The van der Waals surface area contributed by atoms with Crippen molar-refractivity contribution >= 4 is 68.5 Å². The highest BCUT2D eigenvalue weighted by molar-refractivity contribution is 8.24. The highest BCUT2D eigenvalue weighted by Crippen LogP contribution is 2.62. The smallest absolute Gasteiger partial charge is 0.261 e. The van der Waals surface area contributed by atoms with E-state index in [1.165, 1.54) is 16.9 Å². The molecule has 2 aliphatic rings. The van der Waals surface area contributed by atoms with Crippen LogP contribution in [0, 0.1) is 16.7 Å².